The number of halogens is 1. The Kier molecular flexibility index (Phi) is 6.42. The Morgan fingerprint density at radius 1 is 1.12 bits per heavy atom. The quantitative estimate of drug-likeness (QED) is 0.806. The second-order valence-electron chi connectivity index (χ2n) is 6.04. The lowest BCUT2D eigenvalue weighted by atomic mass is 10.1. The molecule has 3 rings (SSSR count). The van der Waals surface area contributed by atoms with Gasteiger partial charge in [-0.25, -0.2) is 0 Å². The second-order valence-corrected chi connectivity index (χ2v) is 6.04. The van der Waals surface area contributed by atoms with Gasteiger partial charge in [-0.05, 0) is 41.8 Å². The van der Waals surface area contributed by atoms with Gasteiger partial charge in [-0.15, -0.1) is 12.4 Å². The van der Waals surface area contributed by atoms with Crippen LogP contribution in [0.25, 0.3) is 0 Å². The Bertz CT molecular complexity index is 747. The normalized spacial score (nSPS) is 13.4. The van der Waals surface area contributed by atoms with E-state index in [0.717, 1.165) is 24.1 Å². The summed E-state index contributed by atoms with van der Waals surface area (Å²) < 4.78 is 0. The smallest absolute Gasteiger partial charge is 0.251 e. The number of carbonyl (C=O) groups excluding carboxylic acids is 2. The molecule has 0 radical (unpaired) electrons. The molecular formula is C19H22ClN3O2. The predicted molar refractivity (Wildman–Crippen MR) is 100 cm³/mol. The fourth-order valence-corrected chi connectivity index (χ4v) is 2.85. The second kappa shape index (κ2) is 8.53. The standard InChI is InChI=1S/C19H21N3O2.ClH/c20-17-8-6-16(7-9-17)19(24)21-12-14-3-1-4-15(11-14)13-22-10-2-5-18(22)23;/h1,3-4,6-9,11H,2,5,10,12-13,20H2,(H,21,24);1H. The van der Waals surface area contributed by atoms with Crippen molar-refractivity contribution in [1.82, 2.24) is 10.2 Å². The molecule has 0 unspecified atom stereocenters. The summed E-state index contributed by atoms with van der Waals surface area (Å²) >= 11 is 0. The fraction of sp³-hybridized carbons (Fsp3) is 0.263. The first kappa shape index (κ1) is 18.8. The van der Waals surface area contributed by atoms with Crippen LogP contribution in [0.3, 0.4) is 0 Å². The molecule has 0 aromatic heterocycles. The van der Waals surface area contributed by atoms with Crippen molar-refractivity contribution >= 4 is 29.9 Å². The molecular weight excluding hydrogens is 338 g/mol. The largest absolute Gasteiger partial charge is 0.399 e. The van der Waals surface area contributed by atoms with E-state index >= 15 is 0 Å². The van der Waals surface area contributed by atoms with Crippen molar-refractivity contribution in [3.63, 3.8) is 0 Å². The Labute approximate surface area is 153 Å². The molecule has 0 spiro atoms. The van der Waals surface area contributed by atoms with E-state index in [0.29, 0.717) is 30.8 Å². The minimum atomic E-state index is -0.130. The van der Waals surface area contributed by atoms with Crippen molar-refractivity contribution in [3.8, 4) is 0 Å². The zero-order valence-electron chi connectivity index (χ0n) is 13.9. The number of nitrogens with one attached hydrogen (secondary N) is 1. The molecule has 1 aliphatic rings. The highest BCUT2D eigenvalue weighted by molar-refractivity contribution is 5.94. The highest BCUT2D eigenvalue weighted by Crippen LogP contribution is 2.15. The van der Waals surface area contributed by atoms with E-state index in [1.165, 1.54) is 0 Å². The van der Waals surface area contributed by atoms with E-state index in [1.54, 1.807) is 24.3 Å². The first-order valence-electron chi connectivity index (χ1n) is 8.11. The van der Waals surface area contributed by atoms with Crippen LogP contribution in [0.15, 0.2) is 48.5 Å². The first-order chi connectivity index (χ1) is 11.6. The molecule has 1 aliphatic heterocycles. The summed E-state index contributed by atoms with van der Waals surface area (Å²) in [5, 5.41) is 2.90. The number of benzene rings is 2. The Morgan fingerprint density at radius 2 is 1.84 bits per heavy atom. The van der Waals surface area contributed by atoms with Crippen LogP contribution in [0.4, 0.5) is 5.69 Å². The highest BCUT2D eigenvalue weighted by Gasteiger charge is 2.19. The molecule has 2 amide bonds. The van der Waals surface area contributed by atoms with Gasteiger partial charge in [0, 0.05) is 37.3 Å². The Balaban J connectivity index is 0.00000225. The summed E-state index contributed by atoms with van der Waals surface area (Å²) in [5.41, 5.74) is 8.95. The van der Waals surface area contributed by atoms with Crippen molar-refractivity contribution in [2.75, 3.05) is 12.3 Å². The van der Waals surface area contributed by atoms with Crippen molar-refractivity contribution in [2.45, 2.75) is 25.9 Å². The van der Waals surface area contributed by atoms with Crippen molar-refractivity contribution < 1.29 is 9.59 Å². The lowest BCUT2D eigenvalue weighted by molar-refractivity contribution is -0.128. The van der Waals surface area contributed by atoms with E-state index in [2.05, 4.69) is 5.32 Å². The van der Waals surface area contributed by atoms with Gasteiger partial charge in [0.15, 0.2) is 0 Å². The van der Waals surface area contributed by atoms with Gasteiger partial charge in [-0.1, -0.05) is 24.3 Å². The zero-order valence-corrected chi connectivity index (χ0v) is 14.7. The lowest BCUT2D eigenvalue weighted by Crippen LogP contribution is -2.24. The molecule has 132 valence electrons. The van der Waals surface area contributed by atoms with Crippen molar-refractivity contribution in [1.29, 1.82) is 0 Å². The third-order valence-electron chi connectivity index (χ3n) is 4.16. The third-order valence-corrected chi connectivity index (χ3v) is 4.16. The number of nitrogens with two attached hydrogens (primary N) is 1. The summed E-state index contributed by atoms with van der Waals surface area (Å²) in [6.07, 6.45) is 1.59. The van der Waals surface area contributed by atoms with Gasteiger partial charge < -0.3 is 16.0 Å². The summed E-state index contributed by atoms with van der Waals surface area (Å²) in [5.74, 6) is 0.0900. The number of anilines is 1. The van der Waals surface area contributed by atoms with E-state index in [9.17, 15) is 9.59 Å². The van der Waals surface area contributed by atoms with Gasteiger partial charge in [0.1, 0.15) is 0 Å². The summed E-state index contributed by atoms with van der Waals surface area (Å²) in [6, 6.07) is 14.8. The number of hydrogen-bond donors (Lipinski definition) is 2. The number of hydrogen-bond acceptors (Lipinski definition) is 3. The molecule has 1 saturated heterocycles. The number of amides is 2. The Morgan fingerprint density at radius 3 is 2.52 bits per heavy atom. The van der Waals surface area contributed by atoms with Gasteiger partial charge in [-0.3, -0.25) is 9.59 Å². The molecule has 1 fully saturated rings. The molecule has 25 heavy (non-hydrogen) atoms. The molecule has 0 saturated carbocycles. The predicted octanol–water partition coefficient (Wildman–Crippen LogP) is 2.74. The molecule has 2 aromatic rings. The lowest BCUT2D eigenvalue weighted by Gasteiger charge is -2.16. The van der Waals surface area contributed by atoms with Crippen LogP contribution in [0, 0.1) is 0 Å². The number of nitrogens with zero attached hydrogens (tertiary/aromatic N) is 1. The van der Waals surface area contributed by atoms with E-state index < -0.39 is 0 Å². The van der Waals surface area contributed by atoms with Gasteiger partial charge in [-0.2, -0.15) is 0 Å². The maximum Gasteiger partial charge on any atom is 0.251 e. The van der Waals surface area contributed by atoms with Crippen LogP contribution >= 0.6 is 12.4 Å². The van der Waals surface area contributed by atoms with Gasteiger partial charge in [0.05, 0.1) is 0 Å². The van der Waals surface area contributed by atoms with Crippen LogP contribution in [-0.2, 0) is 17.9 Å². The third kappa shape index (κ3) is 4.97. The molecule has 5 nitrogen and oxygen atoms in total. The summed E-state index contributed by atoms with van der Waals surface area (Å²) in [4.78, 5) is 25.7. The van der Waals surface area contributed by atoms with E-state index in [4.69, 9.17) is 5.73 Å². The number of rotatable bonds is 5. The number of nitrogen functional groups attached to an aromatic ring is 1. The highest BCUT2D eigenvalue weighted by atomic mass is 35.5. The van der Waals surface area contributed by atoms with E-state index in [1.807, 2.05) is 29.2 Å². The number of likely N-dealkylation sites (tertiary alicyclic amines) is 1. The maximum absolute atomic E-state index is 12.1. The fourth-order valence-electron chi connectivity index (χ4n) is 2.85. The molecule has 3 N–H and O–H groups in total. The maximum atomic E-state index is 12.1. The molecule has 6 heteroatoms. The molecule has 2 aromatic carbocycles. The summed E-state index contributed by atoms with van der Waals surface area (Å²) in [7, 11) is 0. The van der Waals surface area contributed by atoms with Crippen LogP contribution in [0.1, 0.15) is 34.3 Å². The van der Waals surface area contributed by atoms with Crippen LogP contribution in [0.5, 0.6) is 0 Å². The topological polar surface area (TPSA) is 75.4 Å². The van der Waals surface area contributed by atoms with Crippen LogP contribution < -0.4 is 11.1 Å². The first-order valence-corrected chi connectivity index (χ1v) is 8.11. The average Bonchev–Trinajstić information content (AvgIpc) is 2.98. The van der Waals surface area contributed by atoms with Crippen molar-refractivity contribution in [2.24, 2.45) is 0 Å². The summed E-state index contributed by atoms with van der Waals surface area (Å²) in [6.45, 7) is 1.92. The average molecular weight is 360 g/mol. The molecule has 0 atom stereocenters. The van der Waals surface area contributed by atoms with Crippen molar-refractivity contribution in [3.05, 3.63) is 65.2 Å². The zero-order chi connectivity index (χ0) is 16.9. The minimum Gasteiger partial charge on any atom is -0.399 e. The monoisotopic (exact) mass is 359 g/mol. The van der Waals surface area contributed by atoms with Gasteiger partial charge in [0.2, 0.25) is 5.91 Å². The van der Waals surface area contributed by atoms with Gasteiger partial charge in [0.25, 0.3) is 5.91 Å². The molecule has 0 aliphatic carbocycles. The Hall–Kier alpha value is -2.53. The van der Waals surface area contributed by atoms with Gasteiger partial charge >= 0.3 is 0 Å². The van der Waals surface area contributed by atoms with E-state index in [-0.39, 0.29) is 24.2 Å². The SMILES string of the molecule is Cl.Nc1ccc(C(=O)NCc2cccc(CN3CCCC3=O)c2)cc1. The van der Waals surface area contributed by atoms with Crippen LogP contribution in [-0.4, -0.2) is 23.3 Å². The molecule has 1 heterocycles. The molecule has 0 bridgehead atoms. The minimum absolute atomic E-state index is 0. The van der Waals surface area contributed by atoms with Crippen LogP contribution in [0.2, 0.25) is 0 Å². The number of carbonyl (C=O) groups is 2.